The molecule has 4 heteroatoms. The van der Waals surface area contributed by atoms with Gasteiger partial charge in [-0.2, -0.15) is 0 Å². The monoisotopic (exact) mass is 331 g/mol. The minimum absolute atomic E-state index is 0.0497. The summed E-state index contributed by atoms with van der Waals surface area (Å²) in [5.41, 5.74) is 0.680. The zero-order chi connectivity index (χ0) is 16.9. The molecule has 3 atom stereocenters. The summed E-state index contributed by atoms with van der Waals surface area (Å²) in [6.45, 7) is 3.66. The fraction of sp³-hybridized carbons (Fsp3) is 0.650. The molecular formula is C20H29NO3. The molecule has 1 aromatic carbocycles. The Morgan fingerprint density at radius 3 is 2.67 bits per heavy atom. The number of rotatable bonds is 6. The number of nitrogens with zero attached hydrogens (tertiary/aromatic N) is 1. The first-order valence-corrected chi connectivity index (χ1v) is 9.29. The van der Waals surface area contributed by atoms with Crippen LogP contribution >= 0.6 is 0 Å². The molecule has 0 unspecified atom stereocenters. The summed E-state index contributed by atoms with van der Waals surface area (Å²) in [6, 6.07) is 7.78. The average molecular weight is 331 g/mol. The Labute approximate surface area is 144 Å². The number of ether oxygens (including phenoxy) is 1. The molecule has 0 amide bonds. The Balaban J connectivity index is 1.48. The molecule has 0 radical (unpaired) electrons. The van der Waals surface area contributed by atoms with E-state index in [0.29, 0.717) is 30.5 Å². The van der Waals surface area contributed by atoms with Gasteiger partial charge in [0, 0.05) is 18.2 Å². The molecule has 0 bridgehead atoms. The molecule has 3 rings (SSSR count). The van der Waals surface area contributed by atoms with Gasteiger partial charge in [-0.05, 0) is 69.3 Å². The van der Waals surface area contributed by atoms with E-state index in [1.165, 1.54) is 38.5 Å². The number of benzene rings is 1. The van der Waals surface area contributed by atoms with Crippen molar-refractivity contribution in [3.05, 3.63) is 29.8 Å². The summed E-state index contributed by atoms with van der Waals surface area (Å²) in [5.74, 6) is 1.58. The maximum absolute atomic E-state index is 11.3. The largest absolute Gasteiger partial charge is 0.491 e. The van der Waals surface area contributed by atoms with Crippen molar-refractivity contribution in [1.29, 1.82) is 0 Å². The van der Waals surface area contributed by atoms with Crippen LogP contribution in [0, 0.1) is 5.92 Å². The van der Waals surface area contributed by atoms with Crippen LogP contribution in [-0.2, 0) is 0 Å². The Morgan fingerprint density at radius 2 is 1.92 bits per heavy atom. The first-order valence-electron chi connectivity index (χ1n) is 9.29. The van der Waals surface area contributed by atoms with Crippen LogP contribution in [-0.4, -0.2) is 47.6 Å². The quantitative estimate of drug-likeness (QED) is 0.813. The van der Waals surface area contributed by atoms with Crippen LogP contribution in [0.5, 0.6) is 5.75 Å². The van der Waals surface area contributed by atoms with Gasteiger partial charge in [0.25, 0.3) is 0 Å². The predicted molar refractivity (Wildman–Crippen MR) is 94.5 cm³/mol. The highest BCUT2D eigenvalue weighted by Crippen LogP contribution is 2.35. The zero-order valence-electron chi connectivity index (χ0n) is 14.6. The molecule has 0 spiro atoms. The molecule has 1 aliphatic carbocycles. The van der Waals surface area contributed by atoms with Gasteiger partial charge in [0.15, 0.2) is 5.78 Å². The van der Waals surface area contributed by atoms with Gasteiger partial charge in [-0.1, -0.05) is 12.8 Å². The van der Waals surface area contributed by atoms with Crippen LogP contribution in [0.25, 0.3) is 0 Å². The molecule has 1 aliphatic heterocycles. The highest BCUT2D eigenvalue weighted by Gasteiger charge is 2.33. The lowest BCUT2D eigenvalue weighted by atomic mass is 9.78. The van der Waals surface area contributed by atoms with Gasteiger partial charge in [0.1, 0.15) is 18.5 Å². The Hall–Kier alpha value is -1.39. The van der Waals surface area contributed by atoms with E-state index in [-0.39, 0.29) is 5.78 Å². The van der Waals surface area contributed by atoms with E-state index in [1.54, 1.807) is 31.2 Å². The lowest BCUT2D eigenvalue weighted by molar-refractivity contribution is 0.00654. The number of ketones is 1. The number of likely N-dealkylation sites (tertiary alicyclic amines) is 1. The minimum atomic E-state index is -0.474. The number of hydrogen-bond acceptors (Lipinski definition) is 4. The third kappa shape index (κ3) is 4.37. The first kappa shape index (κ1) is 17.4. The van der Waals surface area contributed by atoms with Gasteiger partial charge < -0.3 is 9.84 Å². The molecule has 1 saturated heterocycles. The molecule has 1 saturated carbocycles. The van der Waals surface area contributed by atoms with E-state index in [0.717, 1.165) is 12.5 Å². The number of aliphatic hydroxyl groups excluding tert-OH is 1. The highest BCUT2D eigenvalue weighted by molar-refractivity contribution is 5.94. The molecule has 2 fully saturated rings. The second-order valence-corrected chi connectivity index (χ2v) is 7.29. The number of carbonyl (C=O) groups excluding carboxylic acids is 1. The van der Waals surface area contributed by atoms with Crippen molar-refractivity contribution in [3.8, 4) is 5.75 Å². The van der Waals surface area contributed by atoms with Crippen LogP contribution < -0.4 is 4.74 Å². The molecular weight excluding hydrogens is 302 g/mol. The summed E-state index contributed by atoms with van der Waals surface area (Å²) in [7, 11) is 0. The van der Waals surface area contributed by atoms with Crippen molar-refractivity contribution in [1.82, 2.24) is 4.90 Å². The fourth-order valence-electron chi connectivity index (χ4n) is 4.26. The number of carbonyl (C=O) groups is 1. The zero-order valence-corrected chi connectivity index (χ0v) is 14.6. The van der Waals surface area contributed by atoms with Crippen LogP contribution in [0.3, 0.4) is 0 Å². The first-order chi connectivity index (χ1) is 11.6. The van der Waals surface area contributed by atoms with Gasteiger partial charge in [-0.25, -0.2) is 0 Å². The number of hydrogen-bond donors (Lipinski definition) is 1. The van der Waals surface area contributed by atoms with Gasteiger partial charge in [0.05, 0.1) is 0 Å². The van der Waals surface area contributed by atoms with Crippen LogP contribution in [0.1, 0.15) is 55.8 Å². The van der Waals surface area contributed by atoms with Crippen molar-refractivity contribution in [3.63, 3.8) is 0 Å². The summed E-state index contributed by atoms with van der Waals surface area (Å²) in [6.07, 6.45) is 7.47. The van der Waals surface area contributed by atoms with E-state index >= 15 is 0 Å². The maximum atomic E-state index is 11.3. The maximum Gasteiger partial charge on any atom is 0.159 e. The molecule has 132 valence electrons. The molecule has 1 N–H and O–H groups in total. The van der Waals surface area contributed by atoms with Gasteiger partial charge >= 0.3 is 0 Å². The second kappa shape index (κ2) is 8.13. The molecule has 4 nitrogen and oxygen atoms in total. The third-order valence-electron chi connectivity index (χ3n) is 5.51. The fourth-order valence-corrected chi connectivity index (χ4v) is 4.26. The van der Waals surface area contributed by atoms with Crippen LogP contribution in [0.2, 0.25) is 0 Å². The topological polar surface area (TPSA) is 49.8 Å². The van der Waals surface area contributed by atoms with E-state index in [9.17, 15) is 9.90 Å². The van der Waals surface area contributed by atoms with E-state index in [4.69, 9.17) is 4.74 Å². The lowest BCUT2D eigenvalue weighted by Crippen LogP contribution is -2.50. The third-order valence-corrected chi connectivity index (χ3v) is 5.51. The number of fused-ring (bicyclic) bond motifs is 1. The SMILES string of the molecule is CC(=O)c1ccc(OC[C@@H](O)CN2CCC[C@H]3CCCC[C@@H]32)cc1. The molecule has 0 aromatic heterocycles. The average Bonchev–Trinajstić information content (AvgIpc) is 2.61. The highest BCUT2D eigenvalue weighted by atomic mass is 16.5. The number of Topliss-reactive ketones (excluding diaryl/α,β-unsaturated/α-hetero) is 1. The predicted octanol–water partition coefficient (Wildman–Crippen LogP) is 3.28. The summed E-state index contributed by atoms with van der Waals surface area (Å²) >= 11 is 0. The van der Waals surface area contributed by atoms with E-state index in [1.807, 2.05) is 0 Å². The van der Waals surface area contributed by atoms with Crippen LogP contribution in [0.15, 0.2) is 24.3 Å². The number of β-amino-alcohol motifs (C(OH)–C–C–N with tert-alkyl or cyclic N) is 1. The number of aliphatic hydroxyl groups is 1. The van der Waals surface area contributed by atoms with Crippen LogP contribution in [0.4, 0.5) is 0 Å². The van der Waals surface area contributed by atoms with Crippen molar-refractivity contribution < 1.29 is 14.6 Å². The van der Waals surface area contributed by atoms with E-state index in [2.05, 4.69) is 4.90 Å². The standard InChI is InChI=1S/C20H29NO3/c1-15(22)16-8-10-19(11-9-16)24-14-18(23)13-21-12-4-6-17-5-2-3-7-20(17)21/h8-11,17-18,20,23H,2-7,12-14H2,1H3/t17-,18+,20+/m1/s1. The van der Waals surface area contributed by atoms with Gasteiger partial charge in [-0.15, -0.1) is 0 Å². The van der Waals surface area contributed by atoms with Crippen molar-refractivity contribution in [2.24, 2.45) is 5.92 Å². The molecule has 1 aromatic rings. The molecule has 1 heterocycles. The smallest absolute Gasteiger partial charge is 0.159 e. The van der Waals surface area contributed by atoms with E-state index < -0.39 is 6.10 Å². The van der Waals surface area contributed by atoms with Gasteiger partial charge in [0.2, 0.25) is 0 Å². The van der Waals surface area contributed by atoms with Gasteiger partial charge in [-0.3, -0.25) is 9.69 Å². The summed E-state index contributed by atoms with van der Waals surface area (Å²) in [5, 5.41) is 10.4. The Kier molecular flexibility index (Phi) is 5.90. The molecule has 24 heavy (non-hydrogen) atoms. The molecule has 2 aliphatic rings. The summed E-state index contributed by atoms with van der Waals surface area (Å²) < 4.78 is 5.69. The normalized spacial score (nSPS) is 25.8. The Morgan fingerprint density at radius 1 is 1.21 bits per heavy atom. The number of piperidine rings is 1. The second-order valence-electron chi connectivity index (χ2n) is 7.29. The lowest BCUT2D eigenvalue weighted by Gasteiger charge is -2.44. The minimum Gasteiger partial charge on any atom is -0.491 e. The van der Waals surface area contributed by atoms with Crippen molar-refractivity contribution in [2.45, 2.75) is 57.6 Å². The van der Waals surface area contributed by atoms with Crippen molar-refractivity contribution >= 4 is 5.78 Å². The van der Waals surface area contributed by atoms with Crippen molar-refractivity contribution in [2.75, 3.05) is 19.7 Å². The Bertz CT molecular complexity index is 540. The summed E-state index contributed by atoms with van der Waals surface area (Å²) in [4.78, 5) is 13.8.